The summed E-state index contributed by atoms with van der Waals surface area (Å²) in [4.78, 5) is 22.1. The maximum Gasteiger partial charge on any atom is 0.302 e. The summed E-state index contributed by atoms with van der Waals surface area (Å²) in [6.45, 7) is 10.1. The Morgan fingerprint density at radius 1 is 1.17 bits per heavy atom. The zero-order chi connectivity index (χ0) is 17.0. The van der Waals surface area contributed by atoms with Gasteiger partial charge in [0.25, 0.3) is 0 Å². The summed E-state index contributed by atoms with van der Waals surface area (Å²) in [5, 5.41) is 0. The number of hydrogen-bond donors (Lipinski definition) is 0. The molecule has 1 saturated carbocycles. The molecule has 0 aromatic heterocycles. The largest absolute Gasteiger partial charge is 0.461 e. The molecule has 0 aliphatic heterocycles. The number of hydrogen-bond acceptors (Lipinski definition) is 4. The van der Waals surface area contributed by atoms with Crippen molar-refractivity contribution in [3.63, 3.8) is 0 Å². The SMILES string of the molecule is C=C(COC(C)=O)C1CCC(C)C2CCC(COC(C)=O)=CC12. The van der Waals surface area contributed by atoms with Gasteiger partial charge in [-0.2, -0.15) is 0 Å². The maximum atomic E-state index is 11.0. The maximum absolute atomic E-state index is 11.0. The van der Waals surface area contributed by atoms with Crippen molar-refractivity contribution in [2.45, 2.75) is 46.5 Å². The summed E-state index contributed by atoms with van der Waals surface area (Å²) >= 11 is 0. The third-order valence-electron chi connectivity index (χ3n) is 5.30. The second-order valence-electron chi connectivity index (χ2n) is 6.98. The van der Waals surface area contributed by atoms with Gasteiger partial charge in [-0.25, -0.2) is 0 Å². The summed E-state index contributed by atoms with van der Waals surface area (Å²) < 4.78 is 10.3. The van der Waals surface area contributed by atoms with Crippen LogP contribution in [-0.2, 0) is 19.1 Å². The van der Waals surface area contributed by atoms with Crippen LogP contribution >= 0.6 is 0 Å². The Morgan fingerprint density at radius 2 is 1.87 bits per heavy atom. The number of rotatable bonds is 5. The molecule has 4 heteroatoms. The molecule has 0 radical (unpaired) electrons. The van der Waals surface area contributed by atoms with Crippen LogP contribution in [0.25, 0.3) is 0 Å². The van der Waals surface area contributed by atoms with Crippen LogP contribution in [0.3, 0.4) is 0 Å². The van der Waals surface area contributed by atoms with E-state index in [1.807, 2.05) is 0 Å². The second-order valence-corrected chi connectivity index (χ2v) is 6.98. The van der Waals surface area contributed by atoms with E-state index in [0.717, 1.165) is 24.8 Å². The van der Waals surface area contributed by atoms with E-state index in [1.54, 1.807) is 0 Å². The van der Waals surface area contributed by atoms with Gasteiger partial charge in [-0.05, 0) is 60.5 Å². The molecule has 0 aromatic rings. The van der Waals surface area contributed by atoms with Crippen molar-refractivity contribution in [3.05, 3.63) is 23.8 Å². The van der Waals surface area contributed by atoms with Gasteiger partial charge in [-0.15, -0.1) is 0 Å². The van der Waals surface area contributed by atoms with E-state index < -0.39 is 0 Å². The Hall–Kier alpha value is -1.58. The third kappa shape index (κ3) is 4.69. The number of allylic oxidation sites excluding steroid dienone is 1. The summed E-state index contributed by atoms with van der Waals surface area (Å²) in [6.07, 6.45) is 6.71. The zero-order valence-corrected chi connectivity index (χ0v) is 14.5. The molecule has 4 unspecified atom stereocenters. The fraction of sp³-hybridized carbons (Fsp3) is 0.684. The molecule has 0 amide bonds. The molecular weight excluding hydrogens is 292 g/mol. The van der Waals surface area contributed by atoms with Crippen molar-refractivity contribution in [3.8, 4) is 0 Å². The highest BCUT2D eigenvalue weighted by Gasteiger charge is 2.39. The van der Waals surface area contributed by atoms with E-state index in [2.05, 4.69) is 19.6 Å². The zero-order valence-electron chi connectivity index (χ0n) is 14.5. The van der Waals surface area contributed by atoms with Gasteiger partial charge in [0.15, 0.2) is 0 Å². The molecule has 128 valence electrons. The predicted octanol–water partition coefficient (Wildman–Crippen LogP) is 3.67. The van der Waals surface area contributed by atoms with Gasteiger partial charge in [0.2, 0.25) is 0 Å². The molecule has 0 saturated heterocycles. The molecule has 4 atom stereocenters. The van der Waals surface area contributed by atoms with Crippen LogP contribution in [0.4, 0.5) is 0 Å². The van der Waals surface area contributed by atoms with Crippen LogP contribution in [0, 0.1) is 23.7 Å². The lowest BCUT2D eigenvalue weighted by atomic mass is 9.61. The Balaban J connectivity index is 2.09. The van der Waals surface area contributed by atoms with E-state index in [0.29, 0.717) is 36.9 Å². The van der Waals surface area contributed by atoms with Gasteiger partial charge in [-0.1, -0.05) is 19.6 Å². The van der Waals surface area contributed by atoms with E-state index in [-0.39, 0.29) is 11.9 Å². The van der Waals surface area contributed by atoms with Crippen LogP contribution in [0.5, 0.6) is 0 Å². The Bertz CT molecular complexity index is 505. The van der Waals surface area contributed by atoms with Gasteiger partial charge in [0, 0.05) is 13.8 Å². The van der Waals surface area contributed by atoms with Crippen LogP contribution in [-0.4, -0.2) is 25.2 Å². The Morgan fingerprint density at radius 3 is 2.52 bits per heavy atom. The standard InChI is InChI=1S/C19H28O4/c1-12-5-7-18(13(2)10-22-14(3)20)19-9-16(6-8-17(12)19)11-23-15(4)21/h9,12,17-19H,2,5-8,10-11H2,1,3-4H3. The van der Waals surface area contributed by atoms with Crippen LogP contribution in [0.15, 0.2) is 23.8 Å². The normalized spacial score (nSPS) is 30.0. The van der Waals surface area contributed by atoms with Gasteiger partial charge < -0.3 is 9.47 Å². The van der Waals surface area contributed by atoms with Gasteiger partial charge in [0.05, 0.1) is 0 Å². The van der Waals surface area contributed by atoms with E-state index in [4.69, 9.17) is 9.47 Å². The molecule has 2 aliphatic carbocycles. The lowest BCUT2D eigenvalue weighted by molar-refractivity contribution is -0.141. The van der Waals surface area contributed by atoms with Crippen molar-refractivity contribution < 1.29 is 19.1 Å². The highest BCUT2D eigenvalue weighted by molar-refractivity contribution is 5.66. The van der Waals surface area contributed by atoms with E-state index in [9.17, 15) is 9.59 Å². The van der Waals surface area contributed by atoms with Crippen molar-refractivity contribution in [2.75, 3.05) is 13.2 Å². The summed E-state index contributed by atoms with van der Waals surface area (Å²) in [7, 11) is 0. The van der Waals surface area contributed by atoms with Crippen molar-refractivity contribution in [1.82, 2.24) is 0 Å². The fourth-order valence-corrected chi connectivity index (χ4v) is 4.04. The first-order chi connectivity index (χ1) is 10.9. The minimum Gasteiger partial charge on any atom is -0.461 e. The molecule has 0 aromatic carbocycles. The summed E-state index contributed by atoms with van der Waals surface area (Å²) in [5.74, 6) is 1.61. The van der Waals surface area contributed by atoms with Gasteiger partial charge in [-0.3, -0.25) is 9.59 Å². The number of esters is 2. The number of ether oxygens (including phenoxy) is 2. The predicted molar refractivity (Wildman–Crippen MR) is 88.6 cm³/mol. The molecule has 2 rings (SSSR count). The molecule has 4 nitrogen and oxygen atoms in total. The highest BCUT2D eigenvalue weighted by Crippen LogP contribution is 2.47. The molecule has 0 spiro atoms. The van der Waals surface area contributed by atoms with Gasteiger partial charge in [0.1, 0.15) is 13.2 Å². The van der Waals surface area contributed by atoms with E-state index in [1.165, 1.54) is 25.8 Å². The lowest BCUT2D eigenvalue weighted by Crippen LogP contribution is -2.36. The minimum absolute atomic E-state index is 0.235. The molecule has 23 heavy (non-hydrogen) atoms. The van der Waals surface area contributed by atoms with E-state index >= 15 is 0 Å². The fourth-order valence-electron chi connectivity index (χ4n) is 4.04. The quantitative estimate of drug-likeness (QED) is 0.573. The first kappa shape index (κ1) is 17.8. The average molecular weight is 320 g/mol. The smallest absolute Gasteiger partial charge is 0.302 e. The van der Waals surface area contributed by atoms with Crippen LogP contribution in [0.2, 0.25) is 0 Å². The topological polar surface area (TPSA) is 52.6 Å². The van der Waals surface area contributed by atoms with Gasteiger partial charge >= 0.3 is 11.9 Å². The average Bonchev–Trinajstić information content (AvgIpc) is 2.50. The lowest BCUT2D eigenvalue weighted by Gasteiger charge is -2.44. The van der Waals surface area contributed by atoms with Crippen LogP contribution < -0.4 is 0 Å². The molecule has 1 fully saturated rings. The van der Waals surface area contributed by atoms with Crippen molar-refractivity contribution in [1.29, 1.82) is 0 Å². The monoisotopic (exact) mass is 320 g/mol. The Labute approximate surface area is 138 Å². The number of fused-ring (bicyclic) bond motifs is 1. The minimum atomic E-state index is -0.262. The number of carbonyl (C=O) groups excluding carboxylic acids is 2. The first-order valence-electron chi connectivity index (χ1n) is 8.52. The molecule has 0 heterocycles. The van der Waals surface area contributed by atoms with Crippen molar-refractivity contribution in [2.24, 2.45) is 23.7 Å². The summed E-state index contributed by atoms with van der Waals surface area (Å²) in [6, 6.07) is 0. The highest BCUT2D eigenvalue weighted by atomic mass is 16.5. The molecule has 0 N–H and O–H groups in total. The summed E-state index contributed by atoms with van der Waals surface area (Å²) in [5.41, 5.74) is 2.22. The van der Waals surface area contributed by atoms with Crippen LogP contribution in [0.1, 0.15) is 46.5 Å². The molecular formula is C19H28O4. The second kappa shape index (κ2) is 7.80. The van der Waals surface area contributed by atoms with Crippen molar-refractivity contribution >= 4 is 11.9 Å². The molecule has 0 bridgehead atoms. The molecule has 2 aliphatic rings. The third-order valence-corrected chi connectivity index (χ3v) is 5.30. The first-order valence-corrected chi connectivity index (χ1v) is 8.52. The number of carbonyl (C=O) groups is 2. The Kier molecular flexibility index (Phi) is 6.03.